The highest BCUT2D eigenvalue weighted by molar-refractivity contribution is 5.83. The molecule has 0 spiro atoms. The lowest BCUT2D eigenvalue weighted by atomic mass is 9.97. The van der Waals surface area contributed by atoms with E-state index >= 15 is 0 Å². The van der Waals surface area contributed by atoms with E-state index in [0.29, 0.717) is 6.04 Å². The molecule has 1 aromatic carbocycles. The van der Waals surface area contributed by atoms with E-state index in [1.54, 1.807) is 0 Å². The minimum Gasteiger partial charge on any atom is -0.399 e. The lowest BCUT2D eigenvalue weighted by molar-refractivity contribution is -0.133. The predicted octanol–water partition coefficient (Wildman–Crippen LogP) is 3.55. The Kier molecular flexibility index (Phi) is 5.05. The highest BCUT2D eigenvalue weighted by atomic mass is 16.2. The molecule has 1 aliphatic rings. The zero-order chi connectivity index (χ0) is 14.5. The lowest BCUT2D eigenvalue weighted by Gasteiger charge is -2.30. The fourth-order valence-electron chi connectivity index (χ4n) is 3.10. The van der Waals surface area contributed by atoms with Crippen LogP contribution in [0.15, 0.2) is 24.3 Å². The summed E-state index contributed by atoms with van der Waals surface area (Å²) in [5.74, 6) is 0.0919. The van der Waals surface area contributed by atoms with Gasteiger partial charge < -0.3 is 10.6 Å². The predicted molar refractivity (Wildman–Crippen MR) is 83.5 cm³/mol. The summed E-state index contributed by atoms with van der Waals surface area (Å²) in [6, 6.07) is 8.08. The van der Waals surface area contributed by atoms with Crippen LogP contribution in [0.3, 0.4) is 0 Å². The van der Waals surface area contributed by atoms with Crippen LogP contribution < -0.4 is 5.73 Å². The number of nitrogens with two attached hydrogens (primary N) is 1. The molecule has 1 aliphatic carbocycles. The van der Waals surface area contributed by atoms with Gasteiger partial charge >= 0.3 is 0 Å². The first-order valence-electron chi connectivity index (χ1n) is 7.71. The number of hydrogen-bond donors (Lipinski definition) is 1. The number of carbonyl (C=O) groups excluding carboxylic acids is 1. The van der Waals surface area contributed by atoms with Gasteiger partial charge in [-0.2, -0.15) is 0 Å². The van der Waals surface area contributed by atoms with Gasteiger partial charge in [-0.1, -0.05) is 37.8 Å². The number of rotatable bonds is 3. The second-order valence-electron chi connectivity index (χ2n) is 5.99. The smallest absolute Gasteiger partial charge is 0.229 e. The first kappa shape index (κ1) is 14.9. The van der Waals surface area contributed by atoms with Crippen molar-refractivity contribution in [2.24, 2.45) is 0 Å². The van der Waals surface area contributed by atoms with Gasteiger partial charge in [-0.25, -0.2) is 0 Å². The molecule has 2 N–H and O–H groups in total. The summed E-state index contributed by atoms with van der Waals surface area (Å²) >= 11 is 0. The second-order valence-corrected chi connectivity index (χ2v) is 5.99. The Labute approximate surface area is 122 Å². The molecule has 0 aromatic heterocycles. The van der Waals surface area contributed by atoms with Crippen molar-refractivity contribution >= 4 is 11.6 Å². The molecule has 1 amide bonds. The average molecular weight is 274 g/mol. The van der Waals surface area contributed by atoms with Gasteiger partial charge in [0.25, 0.3) is 0 Å². The summed E-state index contributed by atoms with van der Waals surface area (Å²) in [6.07, 6.45) is 7.40. The first-order valence-corrected chi connectivity index (χ1v) is 7.71. The molecule has 0 radical (unpaired) electrons. The van der Waals surface area contributed by atoms with E-state index in [9.17, 15) is 4.79 Å². The number of anilines is 1. The summed E-state index contributed by atoms with van der Waals surface area (Å²) in [5.41, 5.74) is 7.54. The van der Waals surface area contributed by atoms with E-state index in [1.165, 1.54) is 25.7 Å². The van der Waals surface area contributed by atoms with Crippen LogP contribution in [0, 0.1) is 0 Å². The molecule has 20 heavy (non-hydrogen) atoms. The zero-order valence-electron chi connectivity index (χ0n) is 12.6. The molecule has 3 nitrogen and oxygen atoms in total. The normalized spacial score (nSPS) is 18.3. The molecular weight excluding hydrogens is 248 g/mol. The third-order valence-electron chi connectivity index (χ3n) is 4.50. The quantitative estimate of drug-likeness (QED) is 0.676. The highest BCUT2D eigenvalue weighted by Crippen LogP contribution is 2.25. The summed E-state index contributed by atoms with van der Waals surface area (Å²) in [6.45, 7) is 1.98. The van der Waals surface area contributed by atoms with E-state index in [4.69, 9.17) is 5.73 Å². The summed E-state index contributed by atoms with van der Waals surface area (Å²) in [4.78, 5) is 14.6. The summed E-state index contributed by atoms with van der Waals surface area (Å²) in [7, 11) is 1.96. The number of nitrogen functional groups attached to an aromatic ring is 1. The fraction of sp³-hybridized carbons (Fsp3) is 0.588. The number of hydrogen-bond acceptors (Lipinski definition) is 2. The maximum Gasteiger partial charge on any atom is 0.229 e. The third kappa shape index (κ3) is 3.53. The van der Waals surface area contributed by atoms with Gasteiger partial charge in [0.15, 0.2) is 0 Å². The minimum atomic E-state index is -0.119. The van der Waals surface area contributed by atoms with Crippen LogP contribution in [0.4, 0.5) is 5.69 Å². The molecule has 1 saturated carbocycles. The SMILES string of the molecule is CC(C(=O)N(C)C1CCCCCC1)c1cccc(N)c1. The first-order chi connectivity index (χ1) is 9.59. The molecule has 1 fully saturated rings. The summed E-state index contributed by atoms with van der Waals surface area (Å²) < 4.78 is 0. The molecule has 0 aliphatic heterocycles. The fourth-order valence-corrected chi connectivity index (χ4v) is 3.10. The Bertz CT molecular complexity index is 450. The molecule has 2 rings (SSSR count). The van der Waals surface area contributed by atoms with Crippen molar-refractivity contribution < 1.29 is 4.79 Å². The Morgan fingerprint density at radius 1 is 1.25 bits per heavy atom. The Morgan fingerprint density at radius 2 is 1.90 bits per heavy atom. The molecule has 0 heterocycles. The molecule has 1 unspecified atom stereocenters. The van der Waals surface area contributed by atoms with Crippen molar-refractivity contribution in [3.63, 3.8) is 0 Å². The maximum absolute atomic E-state index is 12.7. The van der Waals surface area contributed by atoms with Crippen LogP contribution in [-0.4, -0.2) is 23.9 Å². The Morgan fingerprint density at radius 3 is 2.50 bits per heavy atom. The van der Waals surface area contributed by atoms with Crippen LogP contribution in [0.5, 0.6) is 0 Å². The van der Waals surface area contributed by atoms with Crippen molar-refractivity contribution in [2.75, 3.05) is 12.8 Å². The van der Waals surface area contributed by atoms with Gasteiger partial charge in [0.2, 0.25) is 5.91 Å². The van der Waals surface area contributed by atoms with Crippen LogP contribution in [0.25, 0.3) is 0 Å². The number of amides is 1. The molecule has 3 heteroatoms. The third-order valence-corrected chi connectivity index (χ3v) is 4.50. The Hall–Kier alpha value is -1.51. The standard InChI is InChI=1S/C17H26N2O/c1-13(14-8-7-9-15(18)12-14)17(20)19(2)16-10-5-3-4-6-11-16/h7-9,12-13,16H,3-6,10-11,18H2,1-2H3. The van der Waals surface area contributed by atoms with Crippen molar-refractivity contribution in [1.82, 2.24) is 4.90 Å². The van der Waals surface area contributed by atoms with Crippen molar-refractivity contribution in [3.8, 4) is 0 Å². The van der Waals surface area contributed by atoms with Gasteiger partial charge in [-0.05, 0) is 37.5 Å². The average Bonchev–Trinajstić information content (AvgIpc) is 2.74. The van der Waals surface area contributed by atoms with Gasteiger partial charge in [0.1, 0.15) is 0 Å². The van der Waals surface area contributed by atoms with Gasteiger partial charge in [0.05, 0.1) is 5.92 Å². The Balaban J connectivity index is 2.05. The highest BCUT2D eigenvalue weighted by Gasteiger charge is 2.25. The van der Waals surface area contributed by atoms with Crippen LogP contribution in [-0.2, 0) is 4.79 Å². The lowest BCUT2D eigenvalue weighted by Crippen LogP contribution is -2.39. The number of nitrogens with zero attached hydrogens (tertiary/aromatic N) is 1. The largest absolute Gasteiger partial charge is 0.399 e. The molecular formula is C17H26N2O. The zero-order valence-corrected chi connectivity index (χ0v) is 12.6. The molecule has 110 valence electrons. The summed E-state index contributed by atoms with van der Waals surface area (Å²) in [5, 5.41) is 0. The van der Waals surface area contributed by atoms with Crippen molar-refractivity contribution in [1.29, 1.82) is 0 Å². The number of benzene rings is 1. The maximum atomic E-state index is 12.7. The van der Waals surface area contributed by atoms with Crippen LogP contribution in [0.1, 0.15) is 56.9 Å². The van der Waals surface area contributed by atoms with Gasteiger partial charge in [-0.3, -0.25) is 4.79 Å². The van der Waals surface area contributed by atoms with Crippen molar-refractivity contribution in [2.45, 2.75) is 57.4 Å². The van der Waals surface area contributed by atoms with Crippen LogP contribution >= 0.6 is 0 Å². The molecule has 0 saturated heterocycles. The van der Waals surface area contributed by atoms with Crippen molar-refractivity contribution in [3.05, 3.63) is 29.8 Å². The van der Waals surface area contributed by atoms with Gasteiger partial charge in [-0.15, -0.1) is 0 Å². The molecule has 0 bridgehead atoms. The molecule has 1 aromatic rings. The van der Waals surface area contributed by atoms with Gasteiger partial charge in [0, 0.05) is 18.8 Å². The van der Waals surface area contributed by atoms with Crippen LogP contribution in [0.2, 0.25) is 0 Å². The van der Waals surface area contributed by atoms with E-state index in [-0.39, 0.29) is 11.8 Å². The number of carbonyl (C=O) groups is 1. The monoisotopic (exact) mass is 274 g/mol. The number of likely N-dealkylation sites (N-methyl/N-ethyl adjacent to an activating group) is 1. The topological polar surface area (TPSA) is 46.3 Å². The van der Waals surface area contributed by atoms with E-state index in [2.05, 4.69) is 0 Å². The minimum absolute atomic E-state index is 0.119. The van der Waals surface area contributed by atoms with E-state index in [0.717, 1.165) is 24.1 Å². The molecule has 1 atom stereocenters. The second kappa shape index (κ2) is 6.78. The van der Waals surface area contributed by atoms with E-state index in [1.807, 2.05) is 43.1 Å². The van der Waals surface area contributed by atoms with E-state index < -0.39 is 0 Å².